The quantitative estimate of drug-likeness (QED) is 0.798. The van der Waals surface area contributed by atoms with Gasteiger partial charge < -0.3 is 9.64 Å². The summed E-state index contributed by atoms with van der Waals surface area (Å²) in [6.45, 7) is 1.79. The molecule has 0 amide bonds. The first-order chi connectivity index (χ1) is 9.50. The first kappa shape index (κ1) is 15.4. The number of rotatable bonds is 4. The molecule has 0 aliphatic carbocycles. The van der Waals surface area contributed by atoms with E-state index in [1.807, 2.05) is 4.90 Å². The molecular formula is C13H16ClF3N2O. The van der Waals surface area contributed by atoms with Crippen LogP contribution in [0.4, 0.5) is 19.0 Å². The van der Waals surface area contributed by atoms with Crippen LogP contribution in [0.2, 0.25) is 0 Å². The van der Waals surface area contributed by atoms with Crippen molar-refractivity contribution in [2.75, 3.05) is 30.5 Å². The number of piperidine rings is 1. The van der Waals surface area contributed by atoms with Gasteiger partial charge in [0.05, 0.1) is 12.7 Å². The van der Waals surface area contributed by atoms with Crippen molar-refractivity contribution in [2.45, 2.75) is 25.1 Å². The minimum absolute atomic E-state index is 0.135. The average Bonchev–Trinajstić information content (AvgIpc) is 2.45. The summed E-state index contributed by atoms with van der Waals surface area (Å²) in [7, 11) is 0. The minimum Gasteiger partial charge on any atom is -0.377 e. The van der Waals surface area contributed by atoms with Crippen LogP contribution in [-0.2, 0) is 10.9 Å². The molecule has 7 heteroatoms. The zero-order chi connectivity index (χ0) is 14.6. The number of hydrogen-bond acceptors (Lipinski definition) is 3. The highest BCUT2D eigenvalue weighted by molar-refractivity contribution is 6.17. The fourth-order valence-corrected chi connectivity index (χ4v) is 2.31. The molecule has 1 aliphatic rings. The van der Waals surface area contributed by atoms with E-state index in [9.17, 15) is 13.2 Å². The van der Waals surface area contributed by atoms with Crippen LogP contribution in [-0.4, -0.2) is 36.7 Å². The van der Waals surface area contributed by atoms with Crippen molar-refractivity contribution in [3.63, 3.8) is 0 Å². The molecule has 0 spiro atoms. The first-order valence-corrected chi connectivity index (χ1v) is 7.01. The van der Waals surface area contributed by atoms with E-state index in [0.29, 0.717) is 31.4 Å². The summed E-state index contributed by atoms with van der Waals surface area (Å²) in [4.78, 5) is 5.55. The van der Waals surface area contributed by atoms with Crippen molar-refractivity contribution < 1.29 is 17.9 Å². The third kappa shape index (κ3) is 3.99. The van der Waals surface area contributed by atoms with Crippen LogP contribution >= 0.6 is 11.6 Å². The van der Waals surface area contributed by atoms with E-state index in [2.05, 4.69) is 4.98 Å². The predicted molar refractivity (Wildman–Crippen MR) is 71.1 cm³/mol. The second-order valence-electron chi connectivity index (χ2n) is 4.62. The Balaban J connectivity index is 1.97. The molecule has 1 aliphatic heterocycles. The number of alkyl halides is 4. The summed E-state index contributed by atoms with van der Waals surface area (Å²) in [5.41, 5.74) is -0.851. The second-order valence-corrected chi connectivity index (χ2v) is 5.00. The molecule has 2 heterocycles. The molecule has 1 fully saturated rings. The van der Waals surface area contributed by atoms with Gasteiger partial charge in [0.25, 0.3) is 0 Å². The van der Waals surface area contributed by atoms with Gasteiger partial charge in [-0.1, -0.05) is 6.07 Å². The average molecular weight is 309 g/mol. The van der Waals surface area contributed by atoms with Crippen molar-refractivity contribution >= 4 is 17.4 Å². The third-order valence-corrected chi connectivity index (χ3v) is 3.38. The Morgan fingerprint density at radius 1 is 1.30 bits per heavy atom. The highest BCUT2D eigenvalue weighted by Crippen LogP contribution is 2.29. The Labute approximate surface area is 120 Å². The van der Waals surface area contributed by atoms with Crippen LogP contribution in [0.1, 0.15) is 18.5 Å². The van der Waals surface area contributed by atoms with Crippen molar-refractivity contribution in [2.24, 2.45) is 0 Å². The maximum Gasteiger partial charge on any atom is 0.433 e. The molecule has 0 radical (unpaired) electrons. The number of halogens is 4. The topological polar surface area (TPSA) is 25.4 Å². The summed E-state index contributed by atoms with van der Waals surface area (Å²) in [5, 5.41) is 0. The summed E-state index contributed by atoms with van der Waals surface area (Å²) >= 11 is 5.55. The van der Waals surface area contributed by atoms with Gasteiger partial charge in [0.1, 0.15) is 11.5 Å². The number of hydrogen-bond donors (Lipinski definition) is 0. The molecule has 0 bridgehead atoms. The van der Waals surface area contributed by atoms with Crippen molar-refractivity contribution in [1.29, 1.82) is 0 Å². The molecule has 0 atom stereocenters. The van der Waals surface area contributed by atoms with Gasteiger partial charge in [0, 0.05) is 19.0 Å². The van der Waals surface area contributed by atoms with E-state index in [4.69, 9.17) is 16.3 Å². The molecule has 20 heavy (non-hydrogen) atoms. The zero-order valence-corrected chi connectivity index (χ0v) is 11.6. The zero-order valence-electron chi connectivity index (χ0n) is 10.9. The van der Waals surface area contributed by atoms with Gasteiger partial charge in [0.15, 0.2) is 0 Å². The molecule has 2 rings (SSSR count). The van der Waals surface area contributed by atoms with Gasteiger partial charge in [-0.15, -0.1) is 11.6 Å². The predicted octanol–water partition coefficient (Wildman–Crippen LogP) is 3.32. The Kier molecular flexibility index (Phi) is 5.10. The number of ether oxygens (including phenoxy) is 1. The van der Waals surface area contributed by atoms with E-state index in [-0.39, 0.29) is 6.10 Å². The molecule has 112 valence electrons. The molecular weight excluding hydrogens is 293 g/mol. The maximum atomic E-state index is 12.6. The minimum atomic E-state index is -4.40. The van der Waals surface area contributed by atoms with E-state index >= 15 is 0 Å². The number of pyridine rings is 1. The fourth-order valence-electron chi connectivity index (χ4n) is 2.22. The van der Waals surface area contributed by atoms with Gasteiger partial charge in [-0.3, -0.25) is 0 Å². The van der Waals surface area contributed by atoms with Gasteiger partial charge in [-0.05, 0) is 25.0 Å². The number of nitrogens with zero attached hydrogens (tertiary/aromatic N) is 2. The standard InChI is InChI=1S/C13H16ClF3N2O/c14-6-9-20-10-4-7-19(8-5-10)12-3-1-2-11(18-12)13(15,16)17/h1-3,10H,4-9H2. The highest BCUT2D eigenvalue weighted by Gasteiger charge is 2.33. The van der Waals surface area contributed by atoms with Crippen LogP contribution in [0.15, 0.2) is 18.2 Å². The van der Waals surface area contributed by atoms with E-state index in [1.54, 1.807) is 6.07 Å². The Hall–Kier alpha value is -1.01. The lowest BCUT2D eigenvalue weighted by molar-refractivity contribution is -0.141. The smallest absolute Gasteiger partial charge is 0.377 e. The maximum absolute atomic E-state index is 12.6. The lowest BCUT2D eigenvalue weighted by atomic mass is 10.1. The van der Waals surface area contributed by atoms with E-state index < -0.39 is 11.9 Å². The van der Waals surface area contributed by atoms with Crippen LogP contribution in [0.5, 0.6) is 0 Å². The molecule has 0 N–H and O–H groups in total. The molecule has 0 aromatic carbocycles. The summed E-state index contributed by atoms with van der Waals surface area (Å²) in [6, 6.07) is 3.98. The number of anilines is 1. The van der Waals surface area contributed by atoms with Crippen LogP contribution < -0.4 is 4.90 Å². The molecule has 0 unspecified atom stereocenters. The van der Waals surface area contributed by atoms with E-state index in [1.165, 1.54) is 6.07 Å². The third-order valence-electron chi connectivity index (χ3n) is 3.22. The first-order valence-electron chi connectivity index (χ1n) is 6.47. The summed E-state index contributed by atoms with van der Waals surface area (Å²) in [5.74, 6) is 0.825. The molecule has 1 saturated heterocycles. The van der Waals surface area contributed by atoms with Crippen molar-refractivity contribution in [1.82, 2.24) is 4.98 Å². The van der Waals surface area contributed by atoms with Crippen LogP contribution in [0.25, 0.3) is 0 Å². The van der Waals surface area contributed by atoms with E-state index in [0.717, 1.165) is 18.9 Å². The SMILES string of the molecule is FC(F)(F)c1cccc(N2CCC(OCCCl)CC2)n1. The van der Waals surface area contributed by atoms with Gasteiger partial charge >= 0.3 is 6.18 Å². The number of aromatic nitrogens is 1. The normalized spacial score (nSPS) is 17.5. The van der Waals surface area contributed by atoms with Crippen molar-refractivity contribution in [3.05, 3.63) is 23.9 Å². The molecule has 1 aromatic heterocycles. The summed E-state index contributed by atoms with van der Waals surface area (Å²) < 4.78 is 43.4. The monoisotopic (exact) mass is 308 g/mol. The van der Waals surface area contributed by atoms with Crippen molar-refractivity contribution in [3.8, 4) is 0 Å². The van der Waals surface area contributed by atoms with Gasteiger partial charge in [-0.25, -0.2) is 4.98 Å². The van der Waals surface area contributed by atoms with Crippen LogP contribution in [0.3, 0.4) is 0 Å². The Bertz CT molecular complexity index is 434. The Morgan fingerprint density at radius 2 is 2.00 bits per heavy atom. The highest BCUT2D eigenvalue weighted by atomic mass is 35.5. The lowest BCUT2D eigenvalue weighted by Gasteiger charge is -2.32. The largest absolute Gasteiger partial charge is 0.433 e. The summed E-state index contributed by atoms with van der Waals surface area (Å²) in [6.07, 6.45) is -2.72. The second kappa shape index (κ2) is 6.63. The fraction of sp³-hybridized carbons (Fsp3) is 0.615. The van der Waals surface area contributed by atoms with Gasteiger partial charge in [0.2, 0.25) is 0 Å². The van der Waals surface area contributed by atoms with Gasteiger partial charge in [-0.2, -0.15) is 13.2 Å². The van der Waals surface area contributed by atoms with Crippen LogP contribution in [0, 0.1) is 0 Å². The lowest BCUT2D eigenvalue weighted by Crippen LogP contribution is -2.38. The Morgan fingerprint density at radius 3 is 2.60 bits per heavy atom. The molecule has 1 aromatic rings. The molecule has 0 saturated carbocycles. The molecule has 3 nitrogen and oxygen atoms in total.